The molecule has 0 aliphatic carbocycles. The van der Waals surface area contributed by atoms with Crippen LogP contribution in [0.2, 0.25) is 0 Å². The van der Waals surface area contributed by atoms with Crippen LogP contribution in [0.5, 0.6) is 5.75 Å². The molecule has 1 aromatic heterocycles. The smallest absolute Gasteiger partial charge is 0.246 e. The molecule has 0 aliphatic rings. The fourth-order valence-electron chi connectivity index (χ4n) is 1.86. The summed E-state index contributed by atoms with van der Waals surface area (Å²) in [4.78, 5) is 18.6. The van der Waals surface area contributed by atoms with E-state index in [1.165, 1.54) is 16.2 Å². The number of carbonyl (C=O) groups excluding carboxylic acids is 1. The van der Waals surface area contributed by atoms with Gasteiger partial charge >= 0.3 is 0 Å². The number of methoxy groups -OCH3 is 1. The average molecular weight is 331 g/mol. The zero-order valence-corrected chi connectivity index (χ0v) is 14.6. The number of likely N-dealkylation sites (N-methyl/N-ethyl adjacent to an activating group) is 1. The van der Waals surface area contributed by atoms with Crippen molar-refractivity contribution in [3.05, 3.63) is 46.5 Å². The number of anilines is 1. The summed E-state index contributed by atoms with van der Waals surface area (Å²) in [5, 5.41) is 4.15. The summed E-state index contributed by atoms with van der Waals surface area (Å²) in [7, 11) is 5.11. The van der Waals surface area contributed by atoms with Crippen LogP contribution in [0.15, 0.2) is 30.3 Å². The van der Waals surface area contributed by atoms with Crippen LogP contribution in [0.4, 0.5) is 5.13 Å². The van der Waals surface area contributed by atoms with Gasteiger partial charge in [-0.2, -0.15) is 0 Å². The minimum atomic E-state index is -0.0365. The largest absolute Gasteiger partial charge is 0.497 e. The summed E-state index contributed by atoms with van der Waals surface area (Å²) in [6, 6.07) is 7.90. The van der Waals surface area contributed by atoms with Gasteiger partial charge in [-0.05, 0) is 30.7 Å². The fraction of sp³-hybridized carbons (Fsp3) is 0.294. The van der Waals surface area contributed by atoms with Crippen molar-refractivity contribution in [2.75, 3.05) is 26.5 Å². The monoisotopic (exact) mass is 331 g/mol. The van der Waals surface area contributed by atoms with Crippen molar-refractivity contribution >= 4 is 28.5 Å². The molecule has 5 nitrogen and oxygen atoms in total. The van der Waals surface area contributed by atoms with Gasteiger partial charge in [0.1, 0.15) is 5.75 Å². The number of nitrogens with one attached hydrogen (secondary N) is 1. The van der Waals surface area contributed by atoms with Gasteiger partial charge in [0.15, 0.2) is 5.13 Å². The van der Waals surface area contributed by atoms with Crippen LogP contribution in [0.3, 0.4) is 0 Å². The molecule has 0 saturated carbocycles. The first-order chi connectivity index (χ1) is 11.0. The lowest BCUT2D eigenvalue weighted by Crippen LogP contribution is -2.18. The summed E-state index contributed by atoms with van der Waals surface area (Å²) in [6.45, 7) is 2.63. The van der Waals surface area contributed by atoms with E-state index in [4.69, 9.17) is 4.74 Å². The number of thiazole rings is 1. The third-order valence-corrected chi connectivity index (χ3v) is 4.33. The summed E-state index contributed by atoms with van der Waals surface area (Å²) in [5.74, 6) is 0.808. The molecule has 0 aliphatic heterocycles. The highest BCUT2D eigenvalue weighted by molar-refractivity contribution is 7.16. The maximum Gasteiger partial charge on any atom is 0.246 e. The van der Waals surface area contributed by atoms with E-state index in [9.17, 15) is 4.79 Å². The van der Waals surface area contributed by atoms with Gasteiger partial charge in [0.25, 0.3) is 0 Å². The number of nitrogens with zero attached hydrogens (tertiary/aromatic N) is 2. The lowest BCUT2D eigenvalue weighted by molar-refractivity contribution is -0.123. The molecular formula is C17H21N3O2S. The number of hydrogen-bond donors (Lipinski definition) is 1. The Kier molecular flexibility index (Phi) is 5.76. The Morgan fingerprint density at radius 2 is 2.04 bits per heavy atom. The van der Waals surface area contributed by atoms with Gasteiger partial charge in [-0.25, -0.2) is 4.98 Å². The summed E-state index contributed by atoms with van der Waals surface area (Å²) >= 11 is 1.54. The molecule has 122 valence electrons. The zero-order valence-electron chi connectivity index (χ0n) is 13.8. The second-order valence-electron chi connectivity index (χ2n) is 5.24. The highest BCUT2D eigenvalue weighted by Crippen LogP contribution is 2.24. The SMILES string of the molecule is COc1ccc(CNc2nc(C)c(/C=C/C(=O)N(C)C)s2)cc1. The molecule has 2 aromatic rings. The summed E-state index contributed by atoms with van der Waals surface area (Å²) < 4.78 is 5.14. The highest BCUT2D eigenvalue weighted by Gasteiger charge is 2.06. The van der Waals surface area contributed by atoms with Crippen LogP contribution in [-0.2, 0) is 11.3 Å². The molecule has 0 atom stereocenters. The van der Waals surface area contributed by atoms with E-state index < -0.39 is 0 Å². The normalized spacial score (nSPS) is 10.8. The van der Waals surface area contributed by atoms with Crippen molar-refractivity contribution in [2.45, 2.75) is 13.5 Å². The lowest BCUT2D eigenvalue weighted by atomic mass is 10.2. The van der Waals surface area contributed by atoms with Crippen molar-refractivity contribution in [1.29, 1.82) is 0 Å². The Labute approximate surface area is 140 Å². The van der Waals surface area contributed by atoms with Crippen LogP contribution in [0, 0.1) is 6.92 Å². The number of benzene rings is 1. The Hall–Kier alpha value is -2.34. The van der Waals surface area contributed by atoms with Crippen LogP contribution >= 0.6 is 11.3 Å². The van der Waals surface area contributed by atoms with Gasteiger partial charge in [-0.1, -0.05) is 23.5 Å². The highest BCUT2D eigenvalue weighted by atomic mass is 32.1. The topological polar surface area (TPSA) is 54.5 Å². The van der Waals surface area contributed by atoms with Gasteiger partial charge in [0.2, 0.25) is 5.91 Å². The van der Waals surface area contributed by atoms with Crippen molar-refractivity contribution in [1.82, 2.24) is 9.88 Å². The van der Waals surface area contributed by atoms with E-state index in [0.29, 0.717) is 6.54 Å². The second kappa shape index (κ2) is 7.78. The van der Waals surface area contributed by atoms with Crippen LogP contribution in [0.1, 0.15) is 16.1 Å². The zero-order chi connectivity index (χ0) is 16.8. The van der Waals surface area contributed by atoms with Crippen molar-refractivity contribution in [3.63, 3.8) is 0 Å². The molecule has 1 N–H and O–H groups in total. The Bertz CT molecular complexity index is 690. The quantitative estimate of drug-likeness (QED) is 0.826. The van der Waals surface area contributed by atoms with E-state index >= 15 is 0 Å². The van der Waals surface area contributed by atoms with E-state index in [1.807, 2.05) is 37.3 Å². The minimum absolute atomic E-state index is 0.0365. The maximum atomic E-state index is 11.6. The molecule has 0 bridgehead atoms. The first-order valence-electron chi connectivity index (χ1n) is 7.23. The second-order valence-corrected chi connectivity index (χ2v) is 6.27. The molecule has 23 heavy (non-hydrogen) atoms. The average Bonchev–Trinajstić information content (AvgIpc) is 2.91. The van der Waals surface area contributed by atoms with Crippen molar-refractivity contribution in [3.8, 4) is 5.75 Å². The minimum Gasteiger partial charge on any atom is -0.497 e. The number of ether oxygens (including phenoxy) is 1. The number of aryl methyl sites for hydroxylation is 1. The van der Waals surface area contributed by atoms with Crippen LogP contribution in [0.25, 0.3) is 6.08 Å². The number of hydrogen-bond acceptors (Lipinski definition) is 5. The number of rotatable bonds is 6. The van der Waals surface area contributed by atoms with Gasteiger partial charge in [-0.3, -0.25) is 4.79 Å². The maximum absolute atomic E-state index is 11.6. The molecule has 0 radical (unpaired) electrons. The number of carbonyl (C=O) groups is 1. The van der Waals surface area contributed by atoms with Gasteiger partial charge < -0.3 is 15.0 Å². The number of amides is 1. The standard InChI is InChI=1S/C17H21N3O2S/c1-12-15(9-10-16(21)20(2)3)23-17(19-12)18-11-13-5-7-14(22-4)8-6-13/h5-10H,11H2,1-4H3,(H,18,19)/b10-9+. The Balaban J connectivity index is 1.98. The predicted molar refractivity (Wildman–Crippen MR) is 94.9 cm³/mol. The van der Waals surface area contributed by atoms with E-state index in [-0.39, 0.29) is 5.91 Å². The van der Waals surface area contributed by atoms with Gasteiger partial charge in [-0.15, -0.1) is 0 Å². The van der Waals surface area contributed by atoms with Gasteiger partial charge in [0, 0.05) is 26.7 Å². The molecular weight excluding hydrogens is 310 g/mol. The molecule has 0 unspecified atom stereocenters. The van der Waals surface area contributed by atoms with E-state index in [0.717, 1.165) is 27.0 Å². The lowest BCUT2D eigenvalue weighted by Gasteiger charge is -2.04. The van der Waals surface area contributed by atoms with Crippen LogP contribution in [-0.4, -0.2) is 37.0 Å². The Morgan fingerprint density at radius 3 is 2.65 bits per heavy atom. The molecule has 1 amide bonds. The molecule has 1 aromatic carbocycles. The molecule has 1 heterocycles. The number of aromatic nitrogens is 1. The first-order valence-corrected chi connectivity index (χ1v) is 8.05. The first kappa shape index (κ1) is 17.0. The van der Waals surface area contributed by atoms with Gasteiger partial charge in [0.05, 0.1) is 17.7 Å². The molecule has 0 spiro atoms. The fourth-order valence-corrected chi connectivity index (χ4v) is 2.72. The van der Waals surface area contributed by atoms with Crippen LogP contribution < -0.4 is 10.1 Å². The third kappa shape index (κ3) is 4.82. The summed E-state index contributed by atoms with van der Waals surface area (Å²) in [5.41, 5.74) is 2.06. The third-order valence-electron chi connectivity index (χ3n) is 3.25. The Morgan fingerprint density at radius 1 is 1.35 bits per heavy atom. The molecule has 6 heteroatoms. The molecule has 0 fully saturated rings. The summed E-state index contributed by atoms with van der Waals surface area (Å²) in [6.07, 6.45) is 3.38. The predicted octanol–water partition coefficient (Wildman–Crippen LogP) is 3.17. The van der Waals surface area contributed by atoms with Crippen molar-refractivity contribution in [2.24, 2.45) is 0 Å². The van der Waals surface area contributed by atoms with E-state index in [2.05, 4.69) is 10.3 Å². The molecule has 0 saturated heterocycles. The van der Waals surface area contributed by atoms with E-state index in [1.54, 1.807) is 27.3 Å². The van der Waals surface area contributed by atoms with Crippen molar-refractivity contribution < 1.29 is 9.53 Å². The molecule has 2 rings (SSSR count).